The lowest BCUT2D eigenvalue weighted by Crippen LogP contribution is -2.05. The molecule has 1 aromatic rings. The van der Waals surface area contributed by atoms with Crippen LogP contribution in [0.5, 0.6) is 0 Å². The topological polar surface area (TPSA) is 38.0 Å². The maximum absolute atomic E-state index is 9.09. The standard InChI is InChI=1S/C9H16N2O/c1-3-11-7-10-6-9(11)5-4-8(2)12/h6-8,12H,3-5H2,1-2H3. The molecule has 1 heterocycles. The smallest absolute Gasteiger partial charge is 0.0948 e. The molecule has 0 bridgehead atoms. The van der Waals surface area contributed by atoms with Gasteiger partial charge in [-0.2, -0.15) is 0 Å². The second kappa shape index (κ2) is 4.26. The molecule has 1 N–H and O–H groups in total. The Bertz CT molecular complexity index is 230. The molecule has 0 amide bonds. The highest BCUT2D eigenvalue weighted by atomic mass is 16.3. The Kier molecular flexibility index (Phi) is 3.29. The third-order valence-electron chi connectivity index (χ3n) is 1.96. The molecule has 0 aliphatic heterocycles. The lowest BCUT2D eigenvalue weighted by molar-refractivity contribution is 0.184. The van der Waals surface area contributed by atoms with E-state index in [1.807, 2.05) is 19.4 Å². The zero-order chi connectivity index (χ0) is 8.97. The molecule has 3 heteroatoms. The zero-order valence-corrected chi connectivity index (χ0v) is 7.70. The molecular weight excluding hydrogens is 152 g/mol. The minimum Gasteiger partial charge on any atom is -0.393 e. The Labute approximate surface area is 73.1 Å². The van der Waals surface area contributed by atoms with Gasteiger partial charge in [-0.25, -0.2) is 4.98 Å². The minimum absolute atomic E-state index is 0.217. The van der Waals surface area contributed by atoms with Gasteiger partial charge < -0.3 is 9.67 Å². The predicted molar refractivity (Wildman–Crippen MR) is 47.9 cm³/mol. The fraction of sp³-hybridized carbons (Fsp3) is 0.667. The van der Waals surface area contributed by atoms with E-state index < -0.39 is 0 Å². The van der Waals surface area contributed by atoms with Crippen molar-refractivity contribution in [2.75, 3.05) is 0 Å². The van der Waals surface area contributed by atoms with Crippen LogP contribution in [0.4, 0.5) is 0 Å². The van der Waals surface area contributed by atoms with E-state index >= 15 is 0 Å². The summed E-state index contributed by atoms with van der Waals surface area (Å²) in [6, 6.07) is 0. The van der Waals surface area contributed by atoms with E-state index in [4.69, 9.17) is 5.11 Å². The third kappa shape index (κ3) is 2.34. The van der Waals surface area contributed by atoms with Crippen molar-refractivity contribution in [3.8, 4) is 0 Å². The summed E-state index contributed by atoms with van der Waals surface area (Å²) in [5.41, 5.74) is 1.21. The van der Waals surface area contributed by atoms with Crippen LogP contribution in [-0.4, -0.2) is 20.8 Å². The third-order valence-corrected chi connectivity index (χ3v) is 1.96. The number of hydrogen-bond donors (Lipinski definition) is 1. The van der Waals surface area contributed by atoms with Crippen molar-refractivity contribution in [3.05, 3.63) is 18.2 Å². The van der Waals surface area contributed by atoms with E-state index in [0.29, 0.717) is 0 Å². The van der Waals surface area contributed by atoms with Crippen LogP contribution in [-0.2, 0) is 13.0 Å². The molecule has 0 aliphatic rings. The van der Waals surface area contributed by atoms with Crippen LogP contribution >= 0.6 is 0 Å². The van der Waals surface area contributed by atoms with Crippen molar-refractivity contribution < 1.29 is 5.11 Å². The second-order valence-corrected chi connectivity index (χ2v) is 3.06. The molecule has 0 saturated carbocycles. The number of aromatic nitrogens is 2. The molecule has 68 valence electrons. The maximum atomic E-state index is 9.09. The molecule has 0 spiro atoms. The van der Waals surface area contributed by atoms with E-state index in [1.165, 1.54) is 5.69 Å². The number of aryl methyl sites for hydroxylation is 2. The number of rotatable bonds is 4. The highest BCUT2D eigenvalue weighted by Gasteiger charge is 2.01. The van der Waals surface area contributed by atoms with Gasteiger partial charge in [0.05, 0.1) is 12.4 Å². The number of imidazole rings is 1. The minimum atomic E-state index is -0.217. The molecule has 1 rings (SSSR count). The summed E-state index contributed by atoms with van der Waals surface area (Å²) in [6.45, 7) is 4.86. The summed E-state index contributed by atoms with van der Waals surface area (Å²) >= 11 is 0. The Morgan fingerprint density at radius 3 is 3.00 bits per heavy atom. The Hall–Kier alpha value is -0.830. The number of aliphatic hydroxyl groups excluding tert-OH is 1. The van der Waals surface area contributed by atoms with Gasteiger partial charge in [-0.1, -0.05) is 0 Å². The molecule has 0 aliphatic carbocycles. The monoisotopic (exact) mass is 168 g/mol. The first-order valence-electron chi connectivity index (χ1n) is 4.41. The summed E-state index contributed by atoms with van der Waals surface area (Å²) in [7, 11) is 0. The average molecular weight is 168 g/mol. The highest BCUT2D eigenvalue weighted by molar-refractivity contribution is 4.98. The van der Waals surface area contributed by atoms with Crippen LogP contribution in [0.25, 0.3) is 0 Å². The summed E-state index contributed by atoms with van der Waals surface area (Å²) in [4.78, 5) is 4.05. The normalized spacial score (nSPS) is 13.2. The number of aliphatic hydroxyl groups is 1. The van der Waals surface area contributed by atoms with Crippen molar-refractivity contribution in [2.45, 2.75) is 39.3 Å². The van der Waals surface area contributed by atoms with E-state index in [1.54, 1.807) is 0 Å². The van der Waals surface area contributed by atoms with Gasteiger partial charge >= 0.3 is 0 Å². The maximum Gasteiger partial charge on any atom is 0.0948 e. The van der Waals surface area contributed by atoms with Crippen molar-refractivity contribution in [1.82, 2.24) is 9.55 Å². The van der Waals surface area contributed by atoms with E-state index in [9.17, 15) is 0 Å². The van der Waals surface area contributed by atoms with E-state index in [-0.39, 0.29) is 6.10 Å². The largest absolute Gasteiger partial charge is 0.393 e. The van der Waals surface area contributed by atoms with Crippen molar-refractivity contribution in [1.29, 1.82) is 0 Å². The molecule has 3 nitrogen and oxygen atoms in total. The molecular formula is C9H16N2O. The quantitative estimate of drug-likeness (QED) is 0.734. The first kappa shape index (κ1) is 9.26. The molecule has 1 atom stereocenters. The van der Waals surface area contributed by atoms with E-state index in [0.717, 1.165) is 19.4 Å². The first-order valence-corrected chi connectivity index (χ1v) is 4.41. The van der Waals surface area contributed by atoms with Gasteiger partial charge in [0.25, 0.3) is 0 Å². The van der Waals surface area contributed by atoms with Gasteiger partial charge in [0.1, 0.15) is 0 Å². The zero-order valence-electron chi connectivity index (χ0n) is 7.70. The second-order valence-electron chi connectivity index (χ2n) is 3.06. The van der Waals surface area contributed by atoms with Crippen LogP contribution in [0.15, 0.2) is 12.5 Å². The van der Waals surface area contributed by atoms with Crippen LogP contribution in [0.1, 0.15) is 26.0 Å². The first-order chi connectivity index (χ1) is 5.74. The predicted octanol–water partition coefficient (Wildman–Crippen LogP) is 1.22. The average Bonchev–Trinajstić information content (AvgIpc) is 2.47. The van der Waals surface area contributed by atoms with Crippen molar-refractivity contribution in [3.63, 3.8) is 0 Å². The lowest BCUT2D eigenvalue weighted by atomic mass is 10.2. The van der Waals surface area contributed by atoms with Crippen LogP contribution in [0, 0.1) is 0 Å². The van der Waals surface area contributed by atoms with Crippen LogP contribution < -0.4 is 0 Å². The number of hydrogen-bond acceptors (Lipinski definition) is 2. The van der Waals surface area contributed by atoms with Gasteiger partial charge in [-0.3, -0.25) is 0 Å². The molecule has 0 aromatic carbocycles. The Balaban J connectivity index is 2.50. The van der Waals surface area contributed by atoms with Gasteiger partial charge in [0, 0.05) is 18.4 Å². The summed E-state index contributed by atoms with van der Waals surface area (Å²) in [6.07, 6.45) is 5.20. The summed E-state index contributed by atoms with van der Waals surface area (Å²) in [5.74, 6) is 0. The Morgan fingerprint density at radius 1 is 1.67 bits per heavy atom. The number of nitrogens with zero attached hydrogens (tertiary/aromatic N) is 2. The van der Waals surface area contributed by atoms with E-state index in [2.05, 4.69) is 16.5 Å². The molecule has 12 heavy (non-hydrogen) atoms. The van der Waals surface area contributed by atoms with Gasteiger partial charge in [-0.05, 0) is 26.7 Å². The van der Waals surface area contributed by atoms with Crippen LogP contribution in [0.2, 0.25) is 0 Å². The highest BCUT2D eigenvalue weighted by Crippen LogP contribution is 2.04. The molecule has 1 aromatic heterocycles. The molecule has 0 fully saturated rings. The lowest BCUT2D eigenvalue weighted by Gasteiger charge is -2.05. The van der Waals surface area contributed by atoms with Crippen molar-refractivity contribution in [2.24, 2.45) is 0 Å². The van der Waals surface area contributed by atoms with Gasteiger partial charge in [0.2, 0.25) is 0 Å². The van der Waals surface area contributed by atoms with Crippen LogP contribution in [0.3, 0.4) is 0 Å². The fourth-order valence-electron chi connectivity index (χ4n) is 1.20. The summed E-state index contributed by atoms with van der Waals surface area (Å²) < 4.78 is 2.10. The fourth-order valence-corrected chi connectivity index (χ4v) is 1.20. The molecule has 0 radical (unpaired) electrons. The van der Waals surface area contributed by atoms with Gasteiger partial charge in [-0.15, -0.1) is 0 Å². The SMILES string of the molecule is CCn1cncc1CCC(C)O. The van der Waals surface area contributed by atoms with Gasteiger partial charge in [0.15, 0.2) is 0 Å². The molecule has 0 saturated heterocycles. The Morgan fingerprint density at radius 2 is 2.42 bits per heavy atom. The summed E-state index contributed by atoms with van der Waals surface area (Å²) in [5, 5.41) is 9.09. The molecule has 1 unspecified atom stereocenters. The van der Waals surface area contributed by atoms with Crippen molar-refractivity contribution >= 4 is 0 Å².